The van der Waals surface area contributed by atoms with Crippen LogP contribution in [0.15, 0.2) is 16.9 Å². The molecule has 1 aromatic heterocycles. The summed E-state index contributed by atoms with van der Waals surface area (Å²) in [6.07, 6.45) is 2.22. The van der Waals surface area contributed by atoms with Crippen LogP contribution in [0.4, 0.5) is 0 Å². The molecule has 0 saturated carbocycles. The summed E-state index contributed by atoms with van der Waals surface area (Å²) < 4.78 is 0. The Kier molecular flexibility index (Phi) is 2.57. The van der Waals surface area contributed by atoms with Crippen LogP contribution in [-0.2, 0) is 0 Å². The zero-order valence-corrected chi connectivity index (χ0v) is 8.66. The zero-order chi connectivity index (χ0) is 10.8. The molecule has 15 heavy (non-hydrogen) atoms. The van der Waals surface area contributed by atoms with E-state index in [-0.39, 0.29) is 11.1 Å². The molecule has 78 valence electrons. The molecule has 2 rings (SSSR count). The first-order valence-corrected chi connectivity index (χ1v) is 5.06. The van der Waals surface area contributed by atoms with Gasteiger partial charge in [-0.2, -0.15) is 5.26 Å². The molecule has 0 aromatic carbocycles. The highest BCUT2D eigenvalue weighted by atomic mass is 16.1. The summed E-state index contributed by atoms with van der Waals surface area (Å²) in [4.78, 5) is 16.4. The summed E-state index contributed by atoms with van der Waals surface area (Å²) in [5.41, 5.74) is 0.814. The lowest BCUT2D eigenvalue weighted by atomic mass is 10.1. The van der Waals surface area contributed by atoms with Gasteiger partial charge in [0, 0.05) is 11.7 Å². The number of hydrogen-bond donors (Lipinski definition) is 1. The van der Waals surface area contributed by atoms with Gasteiger partial charge >= 0.3 is 0 Å². The van der Waals surface area contributed by atoms with E-state index < -0.39 is 0 Å². The Morgan fingerprint density at radius 2 is 2.40 bits per heavy atom. The van der Waals surface area contributed by atoms with E-state index in [9.17, 15) is 4.79 Å². The highest BCUT2D eigenvalue weighted by molar-refractivity contribution is 5.27. The smallest absolute Gasteiger partial charge is 0.266 e. The molecule has 2 heterocycles. The van der Waals surface area contributed by atoms with Crippen LogP contribution in [0, 0.1) is 11.3 Å². The number of nitrogens with one attached hydrogen (secondary N) is 1. The van der Waals surface area contributed by atoms with Gasteiger partial charge in [0.2, 0.25) is 0 Å². The molecule has 1 aliphatic rings. The van der Waals surface area contributed by atoms with Crippen LogP contribution in [0.1, 0.15) is 30.1 Å². The van der Waals surface area contributed by atoms with Crippen LogP contribution in [0.3, 0.4) is 0 Å². The van der Waals surface area contributed by atoms with Gasteiger partial charge in [0.05, 0.1) is 0 Å². The number of H-pyrrole nitrogens is 1. The third-order valence-electron chi connectivity index (χ3n) is 2.93. The average molecular weight is 203 g/mol. The van der Waals surface area contributed by atoms with E-state index in [2.05, 4.69) is 9.88 Å². The Morgan fingerprint density at radius 1 is 1.60 bits per heavy atom. The number of hydrogen-bond acceptors (Lipinski definition) is 3. The molecule has 1 N–H and O–H groups in total. The topological polar surface area (TPSA) is 59.9 Å². The Hall–Kier alpha value is -1.60. The predicted octanol–water partition coefficient (Wildman–Crippen LogP) is 1.01. The maximum atomic E-state index is 11.4. The van der Waals surface area contributed by atoms with Gasteiger partial charge in [-0.15, -0.1) is 0 Å². The van der Waals surface area contributed by atoms with E-state index in [0.717, 1.165) is 25.1 Å². The fourth-order valence-corrected chi connectivity index (χ4v) is 2.07. The second-order valence-corrected chi connectivity index (χ2v) is 3.91. The highest BCUT2D eigenvalue weighted by Crippen LogP contribution is 2.28. The van der Waals surface area contributed by atoms with Crippen LogP contribution in [0.5, 0.6) is 0 Å². The van der Waals surface area contributed by atoms with Crippen LogP contribution in [0.25, 0.3) is 0 Å². The van der Waals surface area contributed by atoms with Gasteiger partial charge in [0.15, 0.2) is 0 Å². The molecule has 1 saturated heterocycles. The first kappa shape index (κ1) is 9.94. The van der Waals surface area contributed by atoms with Gasteiger partial charge in [0.1, 0.15) is 11.6 Å². The van der Waals surface area contributed by atoms with Crippen LogP contribution in [-0.4, -0.2) is 23.5 Å². The number of nitriles is 1. The summed E-state index contributed by atoms with van der Waals surface area (Å²) in [6.45, 7) is 1.06. The second-order valence-electron chi connectivity index (χ2n) is 3.91. The number of rotatable bonds is 1. The molecule has 1 atom stereocenters. The van der Waals surface area contributed by atoms with Crippen molar-refractivity contribution in [1.82, 2.24) is 9.88 Å². The maximum Gasteiger partial charge on any atom is 0.266 e. The Morgan fingerprint density at radius 3 is 2.93 bits per heavy atom. The lowest BCUT2D eigenvalue weighted by Crippen LogP contribution is -2.22. The summed E-state index contributed by atoms with van der Waals surface area (Å²) >= 11 is 0. The SMILES string of the molecule is CN1CCCC1c1ccc(C#N)c(=O)[nH]1. The van der Waals surface area contributed by atoms with Crippen molar-refractivity contribution in [1.29, 1.82) is 5.26 Å². The van der Waals surface area contributed by atoms with E-state index in [1.54, 1.807) is 6.07 Å². The monoisotopic (exact) mass is 203 g/mol. The maximum absolute atomic E-state index is 11.4. The molecule has 4 nitrogen and oxygen atoms in total. The third-order valence-corrected chi connectivity index (χ3v) is 2.93. The largest absolute Gasteiger partial charge is 0.323 e. The average Bonchev–Trinajstić information content (AvgIpc) is 2.64. The summed E-state index contributed by atoms with van der Waals surface area (Å²) in [6, 6.07) is 5.60. The minimum Gasteiger partial charge on any atom is -0.323 e. The summed E-state index contributed by atoms with van der Waals surface area (Å²) in [5.74, 6) is 0. The van der Waals surface area contributed by atoms with E-state index in [4.69, 9.17) is 5.26 Å². The number of aromatic nitrogens is 1. The van der Waals surface area contributed by atoms with E-state index >= 15 is 0 Å². The number of aromatic amines is 1. The van der Waals surface area contributed by atoms with Crippen molar-refractivity contribution in [3.05, 3.63) is 33.7 Å². The van der Waals surface area contributed by atoms with Crippen molar-refractivity contribution in [2.24, 2.45) is 0 Å². The van der Waals surface area contributed by atoms with Gasteiger partial charge in [-0.25, -0.2) is 0 Å². The highest BCUT2D eigenvalue weighted by Gasteiger charge is 2.23. The number of likely N-dealkylation sites (tertiary alicyclic amines) is 1. The van der Waals surface area contributed by atoms with Crippen molar-refractivity contribution < 1.29 is 0 Å². The van der Waals surface area contributed by atoms with Crippen LogP contribution in [0.2, 0.25) is 0 Å². The Balaban J connectivity index is 2.35. The quantitative estimate of drug-likeness (QED) is 0.741. The molecule has 1 aliphatic heterocycles. The fourth-order valence-electron chi connectivity index (χ4n) is 2.07. The van der Waals surface area contributed by atoms with Crippen molar-refractivity contribution in [2.75, 3.05) is 13.6 Å². The molecule has 0 spiro atoms. The standard InChI is InChI=1S/C11H13N3O/c1-14-6-2-3-10(14)9-5-4-8(7-12)11(15)13-9/h4-5,10H,2-3,6H2,1H3,(H,13,15). The van der Waals surface area contributed by atoms with Crippen molar-refractivity contribution in [2.45, 2.75) is 18.9 Å². The van der Waals surface area contributed by atoms with E-state index in [1.807, 2.05) is 19.2 Å². The van der Waals surface area contributed by atoms with Gasteiger partial charge in [-0.1, -0.05) is 0 Å². The molecule has 0 bridgehead atoms. The number of nitrogens with zero attached hydrogens (tertiary/aromatic N) is 2. The van der Waals surface area contributed by atoms with Crippen molar-refractivity contribution in [3.63, 3.8) is 0 Å². The second kappa shape index (κ2) is 3.87. The molecule has 1 fully saturated rings. The molecule has 4 heteroatoms. The lowest BCUT2D eigenvalue weighted by Gasteiger charge is -2.18. The van der Waals surface area contributed by atoms with Gasteiger partial charge in [-0.05, 0) is 38.6 Å². The Labute approximate surface area is 88.1 Å². The van der Waals surface area contributed by atoms with Gasteiger partial charge in [-0.3, -0.25) is 9.69 Å². The van der Waals surface area contributed by atoms with Crippen LogP contribution >= 0.6 is 0 Å². The molecule has 1 unspecified atom stereocenters. The zero-order valence-electron chi connectivity index (χ0n) is 8.66. The summed E-state index contributed by atoms with van der Waals surface area (Å²) in [7, 11) is 2.05. The van der Waals surface area contributed by atoms with Crippen molar-refractivity contribution >= 4 is 0 Å². The van der Waals surface area contributed by atoms with Crippen LogP contribution < -0.4 is 5.56 Å². The lowest BCUT2D eigenvalue weighted by molar-refractivity contribution is 0.311. The molecular weight excluding hydrogens is 190 g/mol. The molecule has 0 aliphatic carbocycles. The molecule has 0 amide bonds. The van der Waals surface area contributed by atoms with Gasteiger partial charge < -0.3 is 4.98 Å². The minimum atomic E-state index is -0.282. The molecule has 0 radical (unpaired) electrons. The molecular formula is C11H13N3O. The normalized spacial score (nSPS) is 21.5. The first-order chi connectivity index (χ1) is 7.22. The first-order valence-electron chi connectivity index (χ1n) is 5.06. The van der Waals surface area contributed by atoms with E-state index in [1.165, 1.54) is 0 Å². The molecule has 1 aromatic rings. The predicted molar refractivity (Wildman–Crippen MR) is 56.4 cm³/mol. The van der Waals surface area contributed by atoms with Gasteiger partial charge in [0.25, 0.3) is 5.56 Å². The summed E-state index contributed by atoms with van der Waals surface area (Å²) in [5, 5.41) is 8.65. The Bertz CT molecular complexity index is 458. The van der Waals surface area contributed by atoms with Crippen molar-refractivity contribution in [3.8, 4) is 6.07 Å². The van der Waals surface area contributed by atoms with E-state index in [0.29, 0.717) is 6.04 Å². The fraction of sp³-hybridized carbons (Fsp3) is 0.455. The number of pyridine rings is 1. The third kappa shape index (κ3) is 1.79. The minimum absolute atomic E-state index is 0.180.